The van der Waals surface area contributed by atoms with E-state index in [1.165, 1.54) is 0 Å². The molecule has 4 aromatic heterocycles. The third-order valence-electron chi connectivity index (χ3n) is 3.02. The Bertz CT molecular complexity index is 999. The molecule has 0 aliphatic carbocycles. The van der Waals surface area contributed by atoms with Gasteiger partial charge in [0.25, 0.3) is 5.56 Å². The molecule has 22 heavy (non-hydrogen) atoms. The van der Waals surface area contributed by atoms with E-state index in [1.54, 1.807) is 25.4 Å². The van der Waals surface area contributed by atoms with Gasteiger partial charge in [0.1, 0.15) is 28.1 Å². The molecule has 0 spiro atoms. The van der Waals surface area contributed by atoms with E-state index in [1.807, 2.05) is 13.0 Å². The highest BCUT2D eigenvalue weighted by molar-refractivity contribution is 6.33. The lowest BCUT2D eigenvalue weighted by atomic mass is 10.4. The summed E-state index contributed by atoms with van der Waals surface area (Å²) in [6.07, 6.45) is 3.50. The number of H-pyrrole nitrogens is 3. The van der Waals surface area contributed by atoms with Crippen molar-refractivity contribution in [3.8, 4) is 0 Å². The number of hydrogen-bond acceptors (Lipinski definition) is 4. The Morgan fingerprint density at radius 2 is 1.59 bits per heavy atom. The lowest BCUT2D eigenvalue weighted by Crippen LogP contribution is -2.08. The lowest BCUT2D eigenvalue weighted by molar-refractivity contribution is 1.05. The van der Waals surface area contributed by atoms with Gasteiger partial charge in [-0.3, -0.25) is 4.79 Å². The first kappa shape index (κ1) is 14.3. The van der Waals surface area contributed by atoms with E-state index in [2.05, 4.69) is 29.9 Å². The Balaban J connectivity index is 0.000000131. The van der Waals surface area contributed by atoms with Crippen molar-refractivity contribution < 1.29 is 0 Å². The number of halogens is 1. The third-order valence-corrected chi connectivity index (χ3v) is 3.31. The summed E-state index contributed by atoms with van der Waals surface area (Å²) < 4.78 is 0. The zero-order valence-electron chi connectivity index (χ0n) is 11.9. The summed E-state index contributed by atoms with van der Waals surface area (Å²) in [6.45, 7) is 3.56. The van der Waals surface area contributed by atoms with Gasteiger partial charge < -0.3 is 15.0 Å². The van der Waals surface area contributed by atoms with Crippen molar-refractivity contribution in [2.75, 3.05) is 0 Å². The van der Waals surface area contributed by atoms with Gasteiger partial charge in [0.15, 0.2) is 0 Å². The summed E-state index contributed by atoms with van der Waals surface area (Å²) >= 11 is 5.83. The van der Waals surface area contributed by atoms with Crippen LogP contribution in [0.1, 0.15) is 11.6 Å². The molecule has 4 aromatic rings. The van der Waals surface area contributed by atoms with Crippen molar-refractivity contribution in [2.45, 2.75) is 13.8 Å². The minimum Gasteiger partial charge on any atom is -0.346 e. The first-order chi connectivity index (χ1) is 10.5. The quantitative estimate of drug-likeness (QED) is 0.433. The van der Waals surface area contributed by atoms with Gasteiger partial charge in [-0.1, -0.05) is 11.6 Å². The van der Waals surface area contributed by atoms with Crippen LogP contribution in [0.3, 0.4) is 0 Å². The van der Waals surface area contributed by atoms with E-state index >= 15 is 0 Å². The molecule has 0 atom stereocenters. The highest BCUT2D eigenvalue weighted by Crippen LogP contribution is 2.18. The fourth-order valence-electron chi connectivity index (χ4n) is 2.07. The molecule has 0 aliphatic rings. The van der Waals surface area contributed by atoms with Crippen molar-refractivity contribution in [3.05, 3.63) is 51.7 Å². The number of aryl methyl sites for hydroxylation is 2. The van der Waals surface area contributed by atoms with Crippen LogP contribution in [0.4, 0.5) is 0 Å². The number of aromatic nitrogens is 6. The van der Waals surface area contributed by atoms with Crippen LogP contribution < -0.4 is 5.56 Å². The van der Waals surface area contributed by atoms with Crippen molar-refractivity contribution in [2.24, 2.45) is 0 Å². The van der Waals surface area contributed by atoms with Crippen molar-refractivity contribution in [1.82, 2.24) is 29.9 Å². The zero-order chi connectivity index (χ0) is 15.7. The van der Waals surface area contributed by atoms with Gasteiger partial charge in [0.05, 0.1) is 10.8 Å². The van der Waals surface area contributed by atoms with Gasteiger partial charge in [-0.25, -0.2) is 15.0 Å². The van der Waals surface area contributed by atoms with E-state index in [0.29, 0.717) is 27.8 Å². The van der Waals surface area contributed by atoms with E-state index in [4.69, 9.17) is 11.6 Å². The Kier molecular flexibility index (Phi) is 3.64. The molecule has 4 rings (SSSR count). The lowest BCUT2D eigenvalue weighted by Gasteiger charge is -1.93. The molecule has 0 radical (unpaired) electrons. The second kappa shape index (κ2) is 5.61. The molecule has 0 aliphatic heterocycles. The molecule has 0 aromatic carbocycles. The van der Waals surface area contributed by atoms with E-state index < -0.39 is 0 Å². The normalized spacial score (nSPS) is 10.7. The first-order valence-corrected chi connectivity index (χ1v) is 6.93. The molecule has 4 heterocycles. The number of hydrogen-bond donors (Lipinski definition) is 3. The zero-order valence-corrected chi connectivity index (χ0v) is 12.7. The van der Waals surface area contributed by atoms with E-state index in [-0.39, 0.29) is 5.56 Å². The average molecular weight is 317 g/mol. The highest BCUT2D eigenvalue weighted by atomic mass is 35.5. The molecule has 0 unspecified atom stereocenters. The smallest absolute Gasteiger partial charge is 0.260 e. The van der Waals surface area contributed by atoms with Gasteiger partial charge in [0.2, 0.25) is 0 Å². The van der Waals surface area contributed by atoms with E-state index in [0.717, 1.165) is 11.0 Å². The van der Waals surface area contributed by atoms with Crippen LogP contribution in [-0.2, 0) is 0 Å². The van der Waals surface area contributed by atoms with Crippen LogP contribution in [0.2, 0.25) is 5.15 Å². The van der Waals surface area contributed by atoms with Crippen molar-refractivity contribution in [1.29, 1.82) is 0 Å². The minimum absolute atomic E-state index is 0.0891. The monoisotopic (exact) mass is 316 g/mol. The molecular formula is C14H13ClN6O. The number of rotatable bonds is 0. The third kappa shape index (κ3) is 2.71. The molecule has 112 valence electrons. The molecule has 0 saturated carbocycles. The second-order valence-corrected chi connectivity index (χ2v) is 5.05. The van der Waals surface area contributed by atoms with Crippen molar-refractivity contribution >= 4 is 33.7 Å². The second-order valence-electron chi connectivity index (χ2n) is 4.69. The molecule has 0 bridgehead atoms. The van der Waals surface area contributed by atoms with E-state index in [9.17, 15) is 4.79 Å². The molecule has 0 fully saturated rings. The fourth-order valence-corrected chi connectivity index (χ4v) is 2.35. The van der Waals surface area contributed by atoms with Crippen LogP contribution in [0.25, 0.3) is 22.1 Å². The molecule has 0 saturated heterocycles. The number of fused-ring (bicyclic) bond motifs is 2. The van der Waals surface area contributed by atoms with Crippen LogP contribution >= 0.6 is 11.6 Å². The summed E-state index contributed by atoms with van der Waals surface area (Å²) in [5.41, 5.74) is 1.35. The molecule has 3 N–H and O–H groups in total. The largest absolute Gasteiger partial charge is 0.346 e. The molecule has 7 nitrogen and oxygen atoms in total. The Labute approximate surface area is 129 Å². The van der Waals surface area contributed by atoms with Gasteiger partial charge in [-0.15, -0.1) is 0 Å². The predicted octanol–water partition coefficient (Wildman–Crippen LogP) is 2.48. The molecule has 8 heteroatoms. The summed E-state index contributed by atoms with van der Waals surface area (Å²) in [6, 6.07) is 3.57. The first-order valence-electron chi connectivity index (χ1n) is 6.56. The SMILES string of the molecule is Cc1nc(Cl)c2cc[nH]c2n1.Cc1nc2[nH]ccc2c(=O)[nH]1. The topological polar surface area (TPSA) is 103 Å². The Morgan fingerprint density at radius 1 is 0.955 bits per heavy atom. The van der Waals surface area contributed by atoms with Crippen LogP contribution in [-0.4, -0.2) is 29.9 Å². The Hall–Kier alpha value is -2.67. The highest BCUT2D eigenvalue weighted by Gasteiger charge is 2.02. The number of nitrogens with zero attached hydrogens (tertiary/aromatic N) is 3. The van der Waals surface area contributed by atoms with Crippen LogP contribution in [0, 0.1) is 13.8 Å². The van der Waals surface area contributed by atoms with Gasteiger partial charge in [-0.05, 0) is 26.0 Å². The fraction of sp³-hybridized carbons (Fsp3) is 0.143. The standard InChI is InChI=1S/C7H6ClN3.C7H7N3O/c1-4-10-6(8)5-2-3-9-7(5)11-4;1-4-9-6-5(2-3-8-6)7(11)10-4/h2-3H,1H3,(H,9,10,11);2-3H,1H3,(H2,8,9,10,11). The van der Waals surface area contributed by atoms with Crippen LogP contribution in [0.5, 0.6) is 0 Å². The number of nitrogens with one attached hydrogen (secondary N) is 3. The maximum Gasteiger partial charge on any atom is 0.260 e. The summed E-state index contributed by atoms with van der Waals surface area (Å²) in [5, 5.41) is 1.99. The average Bonchev–Trinajstić information content (AvgIpc) is 3.07. The van der Waals surface area contributed by atoms with Gasteiger partial charge in [-0.2, -0.15) is 0 Å². The maximum absolute atomic E-state index is 11.1. The minimum atomic E-state index is -0.0891. The van der Waals surface area contributed by atoms with Gasteiger partial charge >= 0.3 is 0 Å². The summed E-state index contributed by atoms with van der Waals surface area (Å²) in [7, 11) is 0. The maximum atomic E-state index is 11.1. The van der Waals surface area contributed by atoms with Gasteiger partial charge in [0, 0.05) is 12.4 Å². The molecule has 0 amide bonds. The number of aromatic amines is 3. The van der Waals surface area contributed by atoms with Crippen LogP contribution in [0.15, 0.2) is 29.3 Å². The van der Waals surface area contributed by atoms with Crippen molar-refractivity contribution in [3.63, 3.8) is 0 Å². The molecular weight excluding hydrogens is 304 g/mol. The predicted molar refractivity (Wildman–Crippen MR) is 85.1 cm³/mol. The summed E-state index contributed by atoms with van der Waals surface area (Å²) in [5.74, 6) is 1.31. The Morgan fingerprint density at radius 3 is 2.32 bits per heavy atom. The summed E-state index contributed by atoms with van der Waals surface area (Å²) in [4.78, 5) is 31.8.